The topological polar surface area (TPSA) is 97.8 Å². The van der Waals surface area contributed by atoms with Crippen LogP contribution in [0.2, 0.25) is 0 Å². The minimum atomic E-state index is -0.401. The third kappa shape index (κ3) is 2.04. The number of nitrogens with one attached hydrogen (secondary N) is 1. The number of nitrogen functional groups attached to an aromatic ring is 1. The van der Waals surface area contributed by atoms with Gasteiger partial charge in [0.2, 0.25) is 0 Å². The van der Waals surface area contributed by atoms with E-state index in [1.165, 1.54) is 6.07 Å². The van der Waals surface area contributed by atoms with Gasteiger partial charge in [0.1, 0.15) is 5.82 Å². The first-order valence-corrected chi connectivity index (χ1v) is 5.71. The summed E-state index contributed by atoms with van der Waals surface area (Å²) in [5, 5.41) is 17.7. The smallest absolute Gasteiger partial charge is 0.278 e. The lowest BCUT2D eigenvalue weighted by atomic mass is 10.0. The third-order valence-corrected chi connectivity index (χ3v) is 2.77. The molecule has 0 radical (unpaired) electrons. The highest BCUT2D eigenvalue weighted by molar-refractivity contribution is 5.75. The number of nitro groups is 1. The number of aromatic nitrogens is 2. The van der Waals surface area contributed by atoms with Crippen molar-refractivity contribution in [2.45, 2.75) is 19.8 Å². The molecule has 0 spiro atoms. The van der Waals surface area contributed by atoms with E-state index >= 15 is 0 Å². The Morgan fingerprint density at radius 3 is 2.83 bits per heavy atom. The molecule has 1 aromatic heterocycles. The van der Waals surface area contributed by atoms with Crippen LogP contribution in [0.5, 0.6) is 0 Å². The fourth-order valence-electron chi connectivity index (χ4n) is 1.95. The number of nitrogens with zero attached hydrogens (tertiary/aromatic N) is 2. The van der Waals surface area contributed by atoms with Gasteiger partial charge in [-0.25, -0.2) is 0 Å². The Balaban J connectivity index is 2.58. The molecule has 0 unspecified atom stereocenters. The molecular weight excluding hydrogens is 232 g/mol. The maximum Gasteiger partial charge on any atom is 0.278 e. The van der Waals surface area contributed by atoms with Crippen molar-refractivity contribution < 1.29 is 4.92 Å². The van der Waals surface area contributed by atoms with E-state index in [1.54, 1.807) is 18.2 Å². The maximum atomic E-state index is 11.0. The van der Waals surface area contributed by atoms with E-state index in [-0.39, 0.29) is 5.69 Å². The Hall–Kier alpha value is -2.37. The van der Waals surface area contributed by atoms with Crippen LogP contribution in [0.1, 0.15) is 18.9 Å². The number of benzene rings is 1. The van der Waals surface area contributed by atoms with Crippen LogP contribution in [0, 0.1) is 10.1 Å². The molecule has 1 aromatic carbocycles. The van der Waals surface area contributed by atoms with Crippen molar-refractivity contribution >= 4 is 11.5 Å². The van der Waals surface area contributed by atoms with Crippen molar-refractivity contribution in [3.8, 4) is 11.3 Å². The molecule has 0 saturated heterocycles. The Bertz CT molecular complexity index is 577. The molecule has 0 aliphatic carbocycles. The zero-order valence-electron chi connectivity index (χ0n) is 10.0. The lowest BCUT2D eigenvalue weighted by Gasteiger charge is -2.03. The third-order valence-electron chi connectivity index (χ3n) is 2.77. The molecule has 0 bridgehead atoms. The number of aromatic amines is 1. The van der Waals surface area contributed by atoms with Gasteiger partial charge in [-0.2, -0.15) is 5.10 Å². The number of hydrogen-bond donors (Lipinski definition) is 2. The van der Waals surface area contributed by atoms with Gasteiger partial charge in [-0.3, -0.25) is 15.2 Å². The summed E-state index contributed by atoms with van der Waals surface area (Å²) in [5.41, 5.74) is 7.84. The van der Waals surface area contributed by atoms with Crippen molar-refractivity contribution in [2.75, 3.05) is 5.73 Å². The highest BCUT2D eigenvalue weighted by atomic mass is 16.6. The van der Waals surface area contributed by atoms with Crippen molar-refractivity contribution in [1.29, 1.82) is 0 Å². The summed E-state index contributed by atoms with van der Waals surface area (Å²) in [6, 6.07) is 6.57. The lowest BCUT2D eigenvalue weighted by molar-refractivity contribution is -0.384. The number of hydrogen-bond acceptors (Lipinski definition) is 4. The molecule has 0 aliphatic heterocycles. The number of para-hydroxylation sites is 1. The summed E-state index contributed by atoms with van der Waals surface area (Å²) in [7, 11) is 0. The van der Waals surface area contributed by atoms with Crippen LogP contribution in [0.15, 0.2) is 24.3 Å². The second-order valence-corrected chi connectivity index (χ2v) is 3.99. The van der Waals surface area contributed by atoms with Crippen LogP contribution < -0.4 is 5.73 Å². The Labute approximate surface area is 104 Å². The van der Waals surface area contributed by atoms with Crippen LogP contribution in [-0.2, 0) is 6.42 Å². The average molecular weight is 246 g/mol. The SMILES string of the molecule is CCCc1c(N)n[nH]c1-c1ccccc1[N+](=O)[O-]. The first-order chi connectivity index (χ1) is 8.65. The van der Waals surface area contributed by atoms with Gasteiger partial charge < -0.3 is 5.73 Å². The van der Waals surface area contributed by atoms with E-state index in [0.717, 1.165) is 18.4 Å². The summed E-state index contributed by atoms with van der Waals surface area (Å²) < 4.78 is 0. The van der Waals surface area contributed by atoms with Gasteiger partial charge in [-0.1, -0.05) is 25.5 Å². The van der Waals surface area contributed by atoms with Gasteiger partial charge in [0.05, 0.1) is 16.2 Å². The molecule has 18 heavy (non-hydrogen) atoms. The normalized spacial score (nSPS) is 10.5. The van der Waals surface area contributed by atoms with Crippen molar-refractivity contribution in [1.82, 2.24) is 10.2 Å². The van der Waals surface area contributed by atoms with Gasteiger partial charge in [0.15, 0.2) is 0 Å². The highest BCUT2D eigenvalue weighted by Gasteiger charge is 2.20. The molecule has 2 aromatic rings. The van der Waals surface area contributed by atoms with Gasteiger partial charge in [-0.05, 0) is 12.5 Å². The summed E-state index contributed by atoms with van der Waals surface area (Å²) in [5.74, 6) is 0.407. The minimum absolute atomic E-state index is 0.0542. The predicted molar refractivity (Wildman–Crippen MR) is 69.1 cm³/mol. The largest absolute Gasteiger partial charge is 0.382 e. The van der Waals surface area contributed by atoms with E-state index in [1.807, 2.05) is 6.92 Å². The number of nitrogens with two attached hydrogens (primary N) is 1. The molecule has 0 amide bonds. The number of rotatable bonds is 4. The van der Waals surface area contributed by atoms with Crippen molar-refractivity contribution in [2.24, 2.45) is 0 Å². The zero-order chi connectivity index (χ0) is 13.1. The standard InChI is InChI=1S/C12H14N4O2/c1-2-5-9-11(14-15-12(9)13)8-6-3-4-7-10(8)16(17)18/h3-4,6-7H,2,5H2,1H3,(H3,13,14,15). The van der Waals surface area contributed by atoms with Gasteiger partial charge >= 0.3 is 0 Å². The van der Waals surface area contributed by atoms with Crippen LogP contribution in [0.25, 0.3) is 11.3 Å². The molecule has 0 fully saturated rings. The second kappa shape index (κ2) is 4.87. The Morgan fingerprint density at radius 1 is 1.44 bits per heavy atom. The van der Waals surface area contributed by atoms with Crippen LogP contribution in [0.3, 0.4) is 0 Å². The molecule has 1 heterocycles. The highest BCUT2D eigenvalue weighted by Crippen LogP contribution is 2.32. The molecule has 3 N–H and O–H groups in total. The lowest BCUT2D eigenvalue weighted by Crippen LogP contribution is -1.95. The summed E-state index contributed by atoms with van der Waals surface area (Å²) in [6.07, 6.45) is 1.64. The molecule has 6 heteroatoms. The first kappa shape index (κ1) is 12.1. The van der Waals surface area contributed by atoms with Crippen LogP contribution in [0.4, 0.5) is 11.5 Å². The fraction of sp³-hybridized carbons (Fsp3) is 0.250. The van der Waals surface area contributed by atoms with Crippen molar-refractivity contribution in [3.63, 3.8) is 0 Å². The molecule has 0 saturated carbocycles. The monoisotopic (exact) mass is 246 g/mol. The van der Waals surface area contributed by atoms with Gasteiger partial charge in [0, 0.05) is 11.6 Å². The quantitative estimate of drug-likeness (QED) is 0.639. The van der Waals surface area contributed by atoms with E-state index < -0.39 is 4.92 Å². The number of nitro benzene ring substituents is 1. The van der Waals surface area contributed by atoms with E-state index in [9.17, 15) is 10.1 Å². The fourth-order valence-corrected chi connectivity index (χ4v) is 1.95. The van der Waals surface area contributed by atoms with E-state index in [0.29, 0.717) is 17.1 Å². The average Bonchev–Trinajstić information content (AvgIpc) is 2.72. The molecule has 6 nitrogen and oxygen atoms in total. The van der Waals surface area contributed by atoms with E-state index in [4.69, 9.17) is 5.73 Å². The second-order valence-electron chi connectivity index (χ2n) is 3.99. The summed E-state index contributed by atoms with van der Waals surface area (Å²) in [6.45, 7) is 2.02. The van der Waals surface area contributed by atoms with Gasteiger partial charge in [0.25, 0.3) is 5.69 Å². The Morgan fingerprint density at radius 2 is 2.17 bits per heavy atom. The maximum absolute atomic E-state index is 11.0. The molecule has 94 valence electrons. The predicted octanol–water partition coefficient (Wildman–Crippen LogP) is 2.52. The van der Waals surface area contributed by atoms with Gasteiger partial charge in [-0.15, -0.1) is 0 Å². The zero-order valence-corrected chi connectivity index (χ0v) is 10.0. The number of H-pyrrole nitrogens is 1. The molecule has 2 rings (SSSR count). The van der Waals surface area contributed by atoms with Crippen LogP contribution in [-0.4, -0.2) is 15.1 Å². The van der Waals surface area contributed by atoms with Crippen LogP contribution >= 0.6 is 0 Å². The summed E-state index contributed by atoms with van der Waals surface area (Å²) >= 11 is 0. The molecule has 0 aliphatic rings. The molecular formula is C12H14N4O2. The van der Waals surface area contributed by atoms with Crippen molar-refractivity contribution in [3.05, 3.63) is 39.9 Å². The number of anilines is 1. The minimum Gasteiger partial charge on any atom is -0.382 e. The molecule has 0 atom stereocenters. The van der Waals surface area contributed by atoms with E-state index in [2.05, 4.69) is 10.2 Å². The summed E-state index contributed by atoms with van der Waals surface area (Å²) in [4.78, 5) is 10.6. The first-order valence-electron chi connectivity index (χ1n) is 5.71. The Kier molecular flexibility index (Phi) is 3.27.